The van der Waals surface area contributed by atoms with E-state index < -0.39 is 12.2 Å². The summed E-state index contributed by atoms with van der Waals surface area (Å²) >= 11 is 0. The van der Waals surface area contributed by atoms with Gasteiger partial charge in [0.1, 0.15) is 0 Å². The minimum Gasteiger partial charge on any atom is -0.459 e. The molecule has 2 rings (SSSR count). The molecular formula is C17H23NO4. The van der Waals surface area contributed by atoms with Crippen molar-refractivity contribution < 1.29 is 19.4 Å². The van der Waals surface area contributed by atoms with Crippen LogP contribution in [0, 0.1) is 5.92 Å². The molecule has 1 aliphatic rings. The predicted molar refractivity (Wildman–Crippen MR) is 82.8 cm³/mol. The minimum absolute atomic E-state index is 0.0256. The number of carbonyl (C=O) groups is 1. The zero-order valence-electron chi connectivity index (χ0n) is 12.8. The zero-order chi connectivity index (χ0) is 15.9. The lowest BCUT2D eigenvalue weighted by Crippen LogP contribution is -2.37. The number of nitrogens with two attached hydrogens (primary N) is 1. The van der Waals surface area contributed by atoms with Crippen molar-refractivity contribution in [1.29, 1.82) is 0 Å². The highest BCUT2D eigenvalue weighted by molar-refractivity contribution is 5.90. The van der Waals surface area contributed by atoms with Gasteiger partial charge in [-0.05, 0) is 31.4 Å². The maximum atomic E-state index is 11.5. The van der Waals surface area contributed by atoms with E-state index in [9.17, 15) is 4.79 Å². The van der Waals surface area contributed by atoms with Gasteiger partial charge in [-0.2, -0.15) is 0 Å². The fraction of sp³-hybridized carbons (Fsp3) is 0.471. The third-order valence-corrected chi connectivity index (χ3v) is 3.84. The van der Waals surface area contributed by atoms with Crippen LogP contribution in [-0.2, 0) is 14.3 Å². The summed E-state index contributed by atoms with van der Waals surface area (Å²) in [6.45, 7) is 2.48. The monoisotopic (exact) mass is 305 g/mol. The standard InChI is InChI=1S/C17H23NO4/c1-2-21-17-13(9-6-10-19)14(11-15(22-17)16(18)20)12-7-4-3-5-8-12/h3-5,7-8,11,13-14,17,19H,2,6,9-10H2,1H3,(H2,18,20)/t13-,14+,17+/m1/s1. The molecule has 3 atom stereocenters. The third kappa shape index (κ3) is 3.87. The lowest BCUT2D eigenvalue weighted by molar-refractivity contribution is -0.165. The molecule has 1 aromatic carbocycles. The maximum absolute atomic E-state index is 11.5. The van der Waals surface area contributed by atoms with Gasteiger partial charge in [0.25, 0.3) is 5.91 Å². The van der Waals surface area contributed by atoms with E-state index in [-0.39, 0.29) is 24.2 Å². The summed E-state index contributed by atoms with van der Waals surface area (Å²) in [4.78, 5) is 11.5. The molecule has 3 N–H and O–H groups in total. The summed E-state index contributed by atoms with van der Waals surface area (Å²) < 4.78 is 11.3. The van der Waals surface area contributed by atoms with Crippen molar-refractivity contribution in [1.82, 2.24) is 0 Å². The van der Waals surface area contributed by atoms with Crippen LogP contribution in [0.2, 0.25) is 0 Å². The van der Waals surface area contributed by atoms with Gasteiger partial charge in [-0.25, -0.2) is 0 Å². The highest BCUT2D eigenvalue weighted by atomic mass is 16.7. The number of allylic oxidation sites excluding steroid dienone is 1. The second kappa shape index (κ2) is 7.96. The zero-order valence-corrected chi connectivity index (χ0v) is 12.8. The Morgan fingerprint density at radius 1 is 1.36 bits per heavy atom. The Morgan fingerprint density at radius 3 is 2.68 bits per heavy atom. The average Bonchev–Trinajstić information content (AvgIpc) is 2.54. The van der Waals surface area contributed by atoms with Crippen molar-refractivity contribution in [2.75, 3.05) is 13.2 Å². The highest BCUT2D eigenvalue weighted by Crippen LogP contribution is 2.39. The molecule has 22 heavy (non-hydrogen) atoms. The fourth-order valence-electron chi connectivity index (χ4n) is 2.83. The van der Waals surface area contributed by atoms with E-state index in [2.05, 4.69) is 0 Å². The molecule has 120 valence electrons. The Balaban J connectivity index is 2.36. The minimum atomic E-state index is -0.591. The first kappa shape index (κ1) is 16.5. The summed E-state index contributed by atoms with van der Waals surface area (Å²) in [5.41, 5.74) is 6.46. The number of primary amides is 1. The Labute approximate surface area is 130 Å². The topological polar surface area (TPSA) is 81.8 Å². The van der Waals surface area contributed by atoms with Gasteiger partial charge in [0.05, 0.1) is 0 Å². The van der Waals surface area contributed by atoms with Gasteiger partial charge in [0.15, 0.2) is 5.76 Å². The van der Waals surface area contributed by atoms with E-state index >= 15 is 0 Å². The number of hydrogen-bond acceptors (Lipinski definition) is 4. The van der Waals surface area contributed by atoms with E-state index in [1.54, 1.807) is 6.08 Å². The van der Waals surface area contributed by atoms with Crippen LogP contribution in [0.25, 0.3) is 0 Å². The largest absolute Gasteiger partial charge is 0.459 e. The number of benzene rings is 1. The van der Waals surface area contributed by atoms with Crippen LogP contribution in [0.5, 0.6) is 0 Å². The molecule has 0 aliphatic carbocycles. The van der Waals surface area contributed by atoms with E-state index in [0.717, 1.165) is 12.0 Å². The second-order valence-electron chi connectivity index (χ2n) is 5.30. The summed E-state index contributed by atoms with van der Waals surface area (Å²) in [7, 11) is 0. The number of hydrogen-bond donors (Lipinski definition) is 2. The molecule has 1 heterocycles. The van der Waals surface area contributed by atoms with Crippen molar-refractivity contribution >= 4 is 5.91 Å². The maximum Gasteiger partial charge on any atom is 0.283 e. The molecule has 0 spiro atoms. The summed E-state index contributed by atoms with van der Waals surface area (Å²) in [6.07, 6.45) is 2.63. The van der Waals surface area contributed by atoms with Crippen molar-refractivity contribution in [3.8, 4) is 0 Å². The molecule has 0 aromatic heterocycles. The van der Waals surface area contributed by atoms with E-state index in [0.29, 0.717) is 13.0 Å². The molecular weight excluding hydrogens is 282 g/mol. The van der Waals surface area contributed by atoms with Crippen molar-refractivity contribution in [3.63, 3.8) is 0 Å². The highest BCUT2D eigenvalue weighted by Gasteiger charge is 2.37. The molecule has 0 saturated heterocycles. The van der Waals surface area contributed by atoms with Gasteiger partial charge >= 0.3 is 0 Å². The van der Waals surface area contributed by atoms with E-state index in [1.807, 2.05) is 37.3 Å². The van der Waals surface area contributed by atoms with Crippen LogP contribution in [0.4, 0.5) is 0 Å². The average molecular weight is 305 g/mol. The van der Waals surface area contributed by atoms with Gasteiger partial charge in [0.2, 0.25) is 6.29 Å². The first-order valence-corrected chi connectivity index (χ1v) is 7.63. The lowest BCUT2D eigenvalue weighted by Gasteiger charge is -2.36. The summed E-state index contributed by atoms with van der Waals surface area (Å²) in [5.74, 6) is -0.447. The molecule has 5 nitrogen and oxygen atoms in total. The Hall–Kier alpha value is -1.85. The lowest BCUT2D eigenvalue weighted by atomic mass is 9.80. The van der Waals surface area contributed by atoms with Gasteiger partial charge < -0.3 is 20.3 Å². The quantitative estimate of drug-likeness (QED) is 0.806. The van der Waals surface area contributed by atoms with Crippen LogP contribution < -0.4 is 5.73 Å². The third-order valence-electron chi connectivity index (χ3n) is 3.84. The Kier molecular flexibility index (Phi) is 5.98. The molecule has 1 aromatic rings. The summed E-state index contributed by atoms with van der Waals surface area (Å²) in [6, 6.07) is 9.90. The van der Waals surface area contributed by atoms with Crippen molar-refractivity contribution in [2.24, 2.45) is 11.7 Å². The molecule has 0 unspecified atom stereocenters. The molecule has 1 aliphatic heterocycles. The summed E-state index contributed by atoms with van der Waals surface area (Å²) in [5, 5.41) is 9.14. The molecule has 0 fully saturated rings. The predicted octanol–water partition coefficient (Wildman–Crippen LogP) is 1.92. The second-order valence-corrected chi connectivity index (χ2v) is 5.30. The SMILES string of the molecule is CCO[C@H]1OC(C(N)=O)=C[C@@H](c2ccccc2)[C@H]1CCCO. The van der Waals surface area contributed by atoms with Gasteiger partial charge in [0, 0.05) is 25.0 Å². The molecule has 0 radical (unpaired) electrons. The van der Waals surface area contributed by atoms with Crippen LogP contribution in [-0.4, -0.2) is 30.5 Å². The Morgan fingerprint density at radius 2 is 2.09 bits per heavy atom. The number of rotatable bonds is 7. The normalized spacial score (nSPS) is 24.5. The Bertz CT molecular complexity index is 515. The van der Waals surface area contributed by atoms with Crippen molar-refractivity contribution in [3.05, 3.63) is 47.7 Å². The van der Waals surface area contributed by atoms with Gasteiger partial charge in [-0.15, -0.1) is 0 Å². The van der Waals surface area contributed by atoms with E-state index in [1.165, 1.54) is 0 Å². The number of ether oxygens (including phenoxy) is 2. The van der Waals surface area contributed by atoms with Crippen LogP contribution >= 0.6 is 0 Å². The van der Waals surface area contributed by atoms with Gasteiger partial charge in [-0.1, -0.05) is 30.3 Å². The van der Waals surface area contributed by atoms with Crippen LogP contribution in [0.1, 0.15) is 31.2 Å². The number of aliphatic hydroxyl groups is 1. The molecule has 5 heteroatoms. The number of aliphatic hydroxyl groups excluding tert-OH is 1. The number of carbonyl (C=O) groups excluding carboxylic acids is 1. The first-order valence-electron chi connectivity index (χ1n) is 7.63. The van der Waals surface area contributed by atoms with Gasteiger partial charge in [-0.3, -0.25) is 4.79 Å². The molecule has 1 amide bonds. The van der Waals surface area contributed by atoms with Crippen LogP contribution in [0.15, 0.2) is 42.2 Å². The van der Waals surface area contributed by atoms with E-state index in [4.69, 9.17) is 20.3 Å². The number of amides is 1. The molecule has 0 bridgehead atoms. The smallest absolute Gasteiger partial charge is 0.283 e. The molecule has 0 saturated carbocycles. The first-order chi connectivity index (χ1) is 10.7. The van der Waals surface area contributed by atoms with Crippen molar-refractivity contribution in [2.45, 2.75) is 32.0 Å². The fourth-order valence-corrected chi connectivity index (χ4v) is 2.83. The van der Waals surface area contributed by atoms with Crippen LogP contribution in [0.3, 0.4) is 0 Å².